The van der Waals surface area contributed by atoms with Gasteiger partial charge in [0.1, 0.15) is 5.82 Å². The van der Waals surface area contributed by atoms with Gasteiger partial charge in [0.2, 0.25) is 10.0 Å². The maximum atomic E-state index is 13.3. The van der Waals surface area contributed by atoms with E-state index >= 15 is 0 Å². The van der Waals surface area contributed by atoms with E-state index in [2.05, 4.69) is 4.72 Å². The van der Waals surface area contributed by atoms with E-state index in [0.717, 1.165) is 6.07 Å². The van der Waals surface area contributed by atoms with Crippen LogP contribution < -0.4 is 10.5 Å². The van der Waals surface area contributed by atoms with Gasteiger partial charge >= 0.3 is 0 Å². The number of hydrogen-bond donors (Lipinski definition) is 2. The predicted octanol–water partition coefficient (Wildman–Crippen LogP) is 2.24. The number of nitrogens with one attached hydrogen (secondary N) is 1. The quantitative estimate of drug-likeness (QED) is 0.846. The van der Waals surface area contributed by atoms with Crippen molar-refractivity contribution < 1.29 is 12.8 Å². The Morgan fingerprint density at radius 3 is 2.45 bits per heavy atom. The number of nitrogens with two attached hydrogens (primary N) is 1. The fourth-order valence-corrected chi connectivity index (χ4v) is 2.72. The van der Waals surface area contributed by atoms with Crippen LogP contribution in [-0.4, -0.2) is 15.0 Å². The van der Waals surface area contributed by atoms with E-state index in [4.69, 9.17) is 5.73 Å². The van der Waals surface area contributed by atoms with E-state index < -0.39 is 15.8 Å². The van der Waals surface area contributed by atoms with Crippen LogP contribution in [0.4, 0.5) is 4.39 Å². The van der Waals surface area contributed by atoms with Gasteiger partial charge in [0, 0.05) is 18.7 Å². The van der Waals surface area contributed by atoms with Gasteiger partial charge in [-0.15, -0.1) is 0 Å². The Bertz CT molecular complexity index is 569. The van der Waals surface area contributed by atoms with Gasteiger partial charge in [0.15, 0.2) is 0 Å². The highest BCUT2D eigenvalue weighted by atomic mass is 32.2. The summed E-state index contributed by atoms with van der Waals surface area (Å²) in [6.45, 7) is 8.36. The van der Waals surface area contributed by atoms with E-state index in [1.54, 1.807) is 0 Å². The lowest BCUT2D eigenvalue weighted by Crippen LogP contribution is -2.37. The summed E-state index contributed by atoms with van der Waals surface area (Å²) in [7, 11) is -3.65. The third-order valence-electron chi connectivity index (χ3n) is 3.83. The molecule has 1 aromatic rings. The largest absolute Gasteiger partial charge is 0.326 e. The summed E-state index contributed by atoms with van der Waals surface area (Å²) in [4.78, 5) is 0.0407. The Morgan fingerprint density at radius 1 is 1.35 bits per heavy atom. The number of benzene rings is 1. The summed E-state index contributed by atoms with van der Waals surface area (Å²) in [5.41, 5.74) is 5.42. The predicted molar refractivity (Wildman–Crippen MR) is 78.1 cm³/mol. The molecule has 0 aliphatic rings. The summed E-state index contributed by atoms with van der Waals surface area (Å²) < 4.78 is 40.3. The van der Waals surface area contributed by atoms with Crippen LogP contribution in [0.15, 0.2) is 23.1 Å². The van der Waals surface area contributed by atoms with E-state index in [1.165, 1.54) is 12.1 Å². The molecule has 0 atom stereocenters. The molecule has 0 amide bonds. The number of hydrogen-bond acceptors (Lipinski definition) is 3. The minimum absolute atomic E-state index is 0.0350. The average molecular weight is 302 g/mol. The molecule has 0 fully saturated rings. The molecule has 0 bridgehead atoms. The van der Waals surface area contributed by atoms with Crippen LogP contribution in [0.2, 0.25) is 0 Å². The van der Waals surface area contributed by atoms with E-state index in [0.29, 0.717) is 12.5 Å². The van der Waals surface area contributed by atoms with Crippen molar-refractivity contribution in [2.45, 2.75) is 39.1 Å². The third kappa shape index (κ3) is 4.01. The fourth-order valence-electron chi connectivity index (χ4n) is 1.44. The first kappa shape index (κ1) is 17.1. The highest BCUT2D eigenvalue weighted by molar-refractivity contribution is 7.89. The van der Waals surface area contributed by atoms with Crippen LogP contribution in [0.1, 0.15) is 33.3 Å². The van der Waals surface area contributed by atoms with E-state index in [1.807, 2.05) is 27.7 Å². The average Bonchev–Trinajstić information content (AvgIpc) is 2.37. The summed E-state index contributed by atoms with van der Waals surface area (Å²) in [5.74, 6) is -0.160. The van der Waals surface area contributed by atoms with Crippen LogP contribution in [0.3, 0.4) is 0 Å². The molecular formula is C14H23FN2O2S. The SMILES string of the molecule is CC(C)C(C)(C)CNS(=O)(=O)c1ccc(F)c(CN)c1. The minimum atomic E-state index is -3.65. The normalized spacial score (nSPS) is 12.9. The molecule has 0 aromatic heterocycles. The maximum Gasteiger partial charge on any atom is 0.240 e. The molecule has 0 unspecified atom stereocenters. The Kier molecular flexibility index (Phi) is 5.29. The number of halogens is 1. The molecule has 20 heavy (non-hydrogen) atoms. The van der Waals surface area contributed by atoms with Gasteiger partial charge in [-0.2, -0.15) is 0 Å². The summed E-state index contributed by atoms with van der Waals surface area (Å²) in [5, 5.41) is 0. The van der Waals surface area contributed by atoms with Crippen LogP contribution >= 0.6 is 0 Å². The highest BCUT2D eigenvalue weighted by Gasteiger charge is 2.25. The highest BCUT2D eigenvalue weighted by Crippen LogP contribution is 2.25. The van der Waals surface area contributed by atoms with Gasteiger partial charge in [0.25, 0.3) is 0 Å². The molecule has 0 aliphatic heterocycles. The fraction of sp³-hybridized carbons (Fsp3) is 0.571. The lowest BCUT2D eigenvalue weighted by atomic mass is 9.81. The van der Waals surface area contributed by atoms with Crippen LogP contribution in [0.5, 0.6) is 0 Å². The second-order valence-corrected chi connectivity index (χ2v) is 7.69. The van der Waals surface area contributed by atoms with Gasteiger partial charge in [-0.05, 0) is 29.5 Å². The Hall–Kier alpha value is -0.980. The standard InChI is InChI=1S/C14H23FN2O2S/c1-10(2)14(3,4)9-17-20(18,19)12-5-6-13(15)11(7-12)8-16/h5-7,10,17H,8-9,16H2,1-4H3. The van der Waals surface area contributed by atoms with E-state index in [9.17, 15) is 12.8 Å². The molecule has 0 saturated heterocycles. The summed E-state index contributed by atoms with van der Waals surface area (Å²) in [6.07, 6.45) is 0. The maximum absolute atomic E-state index is 13.3. The molecule has 0 spiro atoms. The first-order valence-electron chi connectivity index (χ1n) is 6.58. The lowest BCUT2D eigenvalue weighted by molar-refractivity contribution is 0.252. The molecule has 6 heteroatoms. The summed E-state index contributed by atoms with van der Waals surface area (Å²) in [6, 6.07) is 3.66. The van der Waals surface area contributed by atoms with Crippen molar-refractivity contribution in [1.82, 2.24) is 4.72 Å². The van der Waals surface area contributed by atoms with Gasteiger partial charge in [-0.1, -0.05) is 27.7 Å². The molecule has 3 N–H and O–H groups in total. The van der Waals surface area contributed by atoms with Crippen molar-refractivity contribution in [2.24, 2.45) is 17.1 Å². The van der Waals surface area contributed by atoms with Gasteiger partial charge in [-0.3, -0.25) is 0 Å². The summed E-state index contributed by atoms with van der Waals surface area (Å²) >= 11 is 0. The molecule has 0 aliphatic carbocycles. The van der Waals surface area contributed by atoms with E-state index in [-0.39, 0.29) is 22.4 Å². The molecular weight excluding hydrogens is 279 g/mol. The molecule has 0 heterocycles. The van der Waals surface area contributed by atoms with Gasteiger partial charge < -0.3 is 5.73 Å². The van der Waals surface area contributed by atoms with Crippen molar-refractivity contribution in [1.29, 1.82) is 0 Å². The third-order valence-corrected chi connectivity index (χ3v) is 5.23. The van der Waals surface area contributed by atoms with Crippen LogP contribution in [0.25, 0.3) is 0 Å². The molecule has 0 radical (unpaired) electrons. The number of rotatable bonds is 6. The zero-order valence-corrected chi connectivity index (χ0v) is 13.2. The Balaban J connectivity index is 2.95. The van der Waals surface area contributed by atoms with Crippen molar-refractivity contribution in [2.75, 3.05) is 6.54 Å². The minimum Gasteiger partial charge on any atom is -0.326 e. The van der Waals surface area contributed by atoms with Crippen molar-refractivity contribution in [3.05, 3.63) is 29.6 Å². The zero-order valence-electron chi connectivity index (χ0n) is 12.4. The smallest absolute Gasteiger partial charge is 0.240 e. The van der Waals surface area contributed by atoms with Crippen LogP contribution in [0, 0.1) is 17.2 Å². The zero-order chi connectivity index (χ0) is 15.6. The number of sulfonamides is 1. The monoisotopic (exact) mass is 302 g/mol. The first-order valence-corrected chi connectivity index (χ1v) is 8.06. The van der Waals surface area contributed by atoms with Crippen molar-refractivity contribution in [3.63, 3.8) is 0 Å². The second-order valence-electron chi connectivity index (χ2n) is 5.93. The van der Waals surface area contributed by atoms with Crippen molar-refractivity contribution in [3.8, 4) is 0 Å². The molecule has 0 saturated carbocycles. The molecule has 4 nitrogen and oxygen atoms in total. The molecule has 114 valence electrons. The molecule has 1 aromatic carbocycles. The topological polar surface area (TPSA) is 72.2 Å². The van der Waals surface area contributed by atoms with Crippen LogP contribution in [-0.2, 0) is 16.6 Å². The second kappa shape index (κ2) is 6.20. The first-order chi connectivity index (χ1) is 9.10. The van der Waals surface area contributed by atoms with Gasteiger partial charge in [0.05, 0.1) is 4.90 Å². The van der Waals surface area contributed by atoms with Gasteiger partial charge in [-0.25, -0.2) is 17.5 Å². The molecule has 1 rings (SSSR count). The van der Waals surface area contributed by atoms with Crippen molar-refractivity contribution >= 4 is 10.0 Å². The Labute approximate surface area is 120 Å². The Morgan fingerprint density at radius 2 is 1.95 bits per heavy atom. The lowest BCUT2D eigenvalue weighted by Gasteiger charge is -2.29.